The van der Waals surface area contributed by atoms with Crippen molar-refractivity contribution in [2.75, 3.05) is 13.7 Å². The van der Waals surface area contributed by atoms with Crippen LogP contribution in [0.5, 0.6) is 11.5 Å². The maximum atomic E-state index is 12.2. The highest BCUT2D eigenvalue weighted by atomic mass is 35.5. The number of methoxy groups -OCH3 is 1. The fourth-order valence-electron chi connectivity index (χ4n) is 3.13. The summed E-state index contributed by atoms with van der Waals surface area (Å²) >= 11 is 6.26. The van der Waals surface area contributed by atoms with Gasteiger partial charge in [-0.1, -0.05) is 18.5 Å². The Labute approximate surface area is 165 Å². The molecule has 27 heavy (non-hydrogen) atoms. The number of halogens is 1. The molecule has 1 aliphatic carbocycles. The lowest BCUT2D eigenvalue weighted by Crippen LogP contribution is -2.23. The SMILES string of the molecule is CCOc1c(Cl)cc(CNC(=O)CCc2ccc(C3CC3C)o2)cc1OC. The van der Waals surface area contributed by atoms with Crippen LogP contribution in [0.25, 0.3) is 0 Å². The smallest absolute Gasteiger partial charge is 0.220 e. The molecule has 1 aromatic heterocycles. The first-order chi connectivity index (χ1) is 13.0. The number of aryl methyl sites for hydroxylation is 1. The molecule has 1 N–H and O–H groups in total. The Morgan fingerprint density at radius 2 is 2.15 bits per heavy atom. The molecule has 2 unspecified atom stereocenters. The highest BCUT2D eigenvalue weighted by molar-refractivity contribution is 6.32. The summed E-state index contributed by atoms with van der Waals surface area (Å²) < 4.78 is 16.7. The zero-order valence-electron chi connectivity index (χ0n) is 16.0. The predicted octanol–water partition coefficient (Wildman–Crippen LogP) is 4.71. The minimum atomic E-state index is -0.0308. The molecule has 0 spiro atoms. The Morgan fingerprint density at radius 3 is 2.81 bits per heavy atom. The van der Waals surface area contributed by atoms with Crippen molar-refractivity contribution < 1.29 is 18.7 Å². The van der Waals surface area contributed by atoms with Crippen molar-refractivity contribution in [3.63, 3.8) is 0 Å². The van der Waals surface area contributed by atoms with Gasteiger partial charge < -0.3 is 19.2 Å². The molecule has 6 heteroatoms. The van der Waals surface area contributed by atoms with Gasteiger partial charge in [-0.2, -0.15) is 0 Å². The maximum absolute atomic E-state index is 12.2. The number of hydrogen-bond donors (Lipinski definition) is 1. The quantitative estimate of drug-likeness (QED) is 0.672. The third-order valence-corrected chi connectivity index (χ3v) is 5.10. The van der Waals surface area contributed by atoms with Crippen LogP contribution in [0.1, 0.15) is 49.7 Å². The summed E-state index contributed by atoms with van der Waals surface area (Å²) in [7, 11) is 1.57. The minimum absolute atomic E-state index is 0.0308. The van der Waals surface area contributed by atoms with Gasteiger partial charge in [-0.3, -0.25) is 4.79 Å². The van der Waals surface area contributed by atoms with E-state index < -0.39 is 0 Å². The largest absolute Gasteiger partial charge is 0.493 e. The maximum Gasteiger partial charge on any atom is 0.220 e. The van der Waals surface area contributed by atoms with E-state index in [-0.39, 0.29) is 5.91 Å². The molecule has 0 saturated heterocycles. The van der Waals surface area contributed by atoms with Crippen molar-refractivity contribution in [2.24, 2.45) is 5.92 Å². The van der Waals surface area contributed by atoms with Crippen LogP contribution in [0, 0.1) is 5.92 Å². The number of amides is 1. The minimum Gasteiger partial charge on any atom is -0.493 e. The van der Waals surface area contributed by atoms with E-state index in [0.29, 0.717) is 54.4 Å². The van der Waals surface area contributed by atoms with Crippen molar-refractivity contribution in [3.05, 3.63) is 46.4 Å². The van der Waals surface area contributed by atoms with Crippen LogP contribution in [0.2, 0.25) is 5.02 Å². The second kappa shape index (κ2) is 8.70. The zero-order valence-corrected chi connectivity index (χ0v) is 16.8. The predicted molar refractivity (Wildman–Crippen MR) is 105 cm³/mol. The number of hydrogen-bond acceptors (Lipinski definition) is 4. The van der Waals surface area contributed by atoms with Crippen LogP contribution in [-0.4, -0.2) is 19.6 Å². The average molecular weight is 392 g/mol. The van der Waals surface area contributed by atoms with Crippen molar-refractivity contribution in [3.8, 4) is 11.5 Å². The number of carbonyl (C=O) groups is 1. The van der Waals surface area contributed by atoms with E-state index in [0.717, 1.165) is 17.1 Å². The van der Waals surface area contributed by atoms with Crippen molar-refractivity contribution in [1.82, 2.24) is 5.32 Å². The highest BCUT2D eigenvalue weighted by Crippen LogP contribution is 2.47. The molecule has 1 fully saturated rings. The van der Waals surface area contributed by atoms with Gasteiger partial charge in [-0.25, -0.2) is 0 Å². The summed E-state index contributed by atoms with van der Waals surface area (Å²) in [6.45, 7) is 4.99. The number of rotatable bonds is 9. The van der Waals surface area contributed by atoms with Crippen LogP contribution in [0.15, 0.2) is 28.7 Å². The lowest BCUT2D eigenvalue weighted by Gasteiger charge is -2.13. The molecule has 0 aliphatic heterocycles. The monoisotopic (exact) mass is 391 g/mol. The Hall–Kier alpha value is -2.14. The Morgan fingerprint density at radius 1 is 1.37 bits per heavy atom. The molecule has 0 bridgehead atoms. The van der Waals surface area contributed by atoms with Crippen LogP contribution in [-0.2, 0) is 17.8 Å². The molecule has 2 aromatic rings. The summed E-state index contributed by atoms with van der Waals surface area (Å²) in [6, 6.07) is 7.62. The molecular weight excluding hydrogens is 366 g/mol. The van der Waals surface area contributed by atoms with Gasteiger partial charge in [0.25, 0.3) is 0 Å². The van der Waals surface area contributed by atoms with Crippen LogP contribution >= 0.6 is 11.6 Å². The van der Waals surface area contributed by atoms with Crippen LogP contribution < -0.4 is 14.8 Å². The molecule has 146 valence electrons. The number of nitrogens with one attached hydrogen (secondary N) is 1. The molecule has 1 amide bonds. The lowest BCUT2D eigenvalue weighted by molar-refractivity contribution is -0.121. The summed E-state index contributed by atoms with van der Waals surface area (Å²) in [5, 5.41) is 3.38. The number of carbonyl (C=O) groups excluding carboxylic acids is 1. The summed E-state index contributed by atoms with van der Waals surface area (Å²) in [5.74, 6) is 4.24. The molecule has 1 aliphatic rings. The zero-order chi connectivity index (χ0) is 19.4. The fourth-order valence-corrected chi connectivity index (χ4v) is 3.42. The summed E-state index contributed by atoms with van der Waals surface area (Å²) in [5.41, 5.74) is 0.858. The first kappa shape index (κ1) is 19.6. The molecule has 1 saturated carbocycles. The second-order valence-corrected chi connectivity index (χ2v) is 7.35. The van der Waals surface area contributed by atoms with E-state index in [9.17, 15) is 4.79 Å². The molecule has 1 heterocycles. The van der Waals surface area contributed by atoms with Gasteiger partial charge in [0.2, 0.25) is 5.91 Å². The topological polar surface area (TPSA) is 60.7 Å². The molecule has 1 aromatic carbocycles. The van der Waals surface area contributed by atoms with Crippen LogP contribution in [0.3, 0.4) is 0 Å². The standard InChI is InChI=1S/C21H26ClNO4/c1-4-26-21-17(22)10-14(11-19(21)25-3)12-23-20(24)8-6-15-5-7-18(27-15)16-9-13(16)2/h5,7,10-11,13,16H,4,6,8-9,12H2,1-3H3,(H,23,24). The number of ether oxygens (including phenoxy) is 2. The number of furan rings is 1. The van der Waals surface area contributed by atoms with E-state index in [4.69, 9.17) is 25.5 Å². The van der Waals surface area contributed by atoms with E-state index >= 15 is 0 Å². The van der Waals surface area contributed by atoms with E-state index in [2.05, 4.69) is 12.2 Å². The van der Waals surface area contributed by atoms with E-state index in [1.807, 2.05) is 25.1 Å². The highest BCUT2D eigenvalue weighted by Gasteiger charge is 2.36. The van der Waals surface area contributed by atoms with Crippen molar-refractivity contribution >= 4 is 17.5 Å². The van der Waals surface area contributed by atoms with Gasteiger partial charge in [0.15, 0.2) is 11.5 Å². The second-order valence-electron chi connectivity index (χ2n) is 6.94. The Kier molecular flexibility index (Phi) is 6.32. The Bertz CT molecular complexity index is 801. The molecule has 0 radical (unpaired) electrons. The van der Waals surface area contributed by atoms with E-state index in [1.165, 1.54) is 6.42 Å². The molecular formula is C21H26ClNO4. The lowest BCUT2D eigenvalue weighted by atomic mass is 10.2. The molecule has 2 atom stereocenters. The van der Waals surface area contributed by atoms with Crippen molar-refractivity contribution in [2.45, 2.75) is 45.6 Å². The van der Waals surface area contributed by atoms with Gasteiger partial charge >= 0.3 is 0 Å². The third-order valence-electron chi connectivity index (χ3n) is 4.82. The number of benzene rings is 1. The van der Waals surface area contributed by atoms with E-state index in [1.54, 1.807) is 13.2 Å². The van der Waals surface area contributed by atoms with Gasteiger partial charge in [-0.15, -0.1) is 0 Å². The molecule has 5 nitrogen and oxygen atoms in total. The van der Waals surface area contributed by atoms with Crippen molar-refractivity contribution in [1.29, 1.82) is 0 Å². The van der Waals surface area contributed by atoms with Crippen LogP contribution in [0.4, 0.5) is 0 Å². The summed E-state index contributed by atoms with van der Waals surface area (Å²) in [6.07, 6.45) is 2.18. The van der Waals surface area contributed by atoms with Gasteiger partial charge in [0.1, 0.15) is 11.5 Å². The Balaban J connectivity index is 1.50. The first-order valence-corrected chi connectivity index (χ1v) is 9.74. The van der Waals surface area contributed by atoms with Gasteiger partial charge in [0, 0.05) is 25.3 Å². The van der Waals surface area contributed by atoms with Gasteiger partial charge in [0.05, 0.1) is 18.7 Å². The first-order valence-electron chi connectivity index (χ1n) is 9.36. The fraction of sp³-hybridized carbons (Fsp3) is 0.476. The summed E-state index contributed by atoms with van der Waals surface area (Å²) in [4.78, 5) is 12.2. The van der Waals surface area contributed by atoms with Gasteiger partial charge in [-0.05, 0) is 49.1 Å². The normalized spacial score (nSPS) is 18.2. The average Bonchev–Trinajstić information content (AvgIpc) is 3.19. The molecule has 3 rings (SSSR count). The third kappa shape index (κ3) is 4.98.